The van der Waals surface area contributed by atoms with E-state index in [2.05, 4.69) is 5.32 Å². The number of imide groups is 1. The molecule has 2 saturated heterocycles. The van der Waals surface area contributed by atoms with Gasteiger partial charge in [0.2, 0.25) is 5.91 Å². The van der Waals surface area contributed by atoms with E-state index in [0.717, 1.165) is 41.7 Å². The SMILES string of the molecule is CCCCN(C(=O)CN1C(=O)N[C@]2(CCCc3ccccc32)C1=O)[C@H]1CCS(=O)(=O)C1. The van der Waals surface area contributed by atoms with E-state index in [4.69, 9.17) is 0 Å². The zero-order valence-electron chi connectivity index (χ0n) is 17.8. The number of hydrogen-bond acceptors (Lipinski definition) is 5. The van der Waals surface area contributed by atoms with Crippen molar-refractivity contribution < 1.29 is 22.8 Å². The van der Waals surface area contributed by atoms with Crippen LogP contribution in [0.15, 0.2) is 24.3 Å². The van der Waals surface area contributed by atoms with E-state index in [1.807, 2.05) is 31.2 Å². The molecule has 31 heavy (non-hydrogen) atoms. The summed E-state index contributed by atoms with van der Waals surface area (Å²) in [4.78, 5) is 42.0. The second kappa shape index (κ2) is 8.26. The smallest absolute Gasteiger partial charge is 0.325 e. The van der Waals surface area contributed by atoms with Gasteiger partial charge in [0.15, 0.2) is 9.84 Å². The third kappa shape index (κ3) is 3.95. The predicted octanol–water partition coefficient (Wildman–Crippen LogP) is 1.59. The van der Waals surface area contributed by atoms with Crippen molar-refractivity contribution in [2.45, 2.75) is 57.0 Å². The number of unbranched alkanes of at least 4 members (excludes halogenated alkanes) is 1. The molecule has 4 rings (SSSR count). The van der Waals surface area contributed by atoms with Crippen LogP contribution < -0.4 is 5.32 Å². The van der Waals surface area contributed by atoms with Crippen molar-refractivity contribution >= 4 is 27.7 Å². The second-order valence-electron chi connectivity index (χ2n) is 8.74. The van der Waals surface area contributed by atoms with E-state index in [0.29, 0.717) is 19.4 Å². The maximum atomic E-state index is 13.4. The molecule has 2 atom stereocenters. The highest BCUT2D eigenvalue weighted by Crippen LogP contribution is 2.39. The predicted molar refractivity (Wildman–Crippen MR) is 115 cm³/mol. The summed E-state index contributed by atoms with van der Waals surface area (Å²) < 4.78 is 23.9. The average Bonchev–Trinajstić information content (AvgIpc) is 3.21. The van der Waals surface area contributed by atoms with Crippen LogP contribution in [0.5, 0.6) is 0 Å². The highest BCUT2D eigenvalue weighted by atomic mass is 32.2. The first-order chi connectivity index (χ1) is 14.8. The summed E-state index contributed by atoms with van der Waals surface area (Å²) in [6, 6.07) is 6.65. The van der Waals surface area contributed by atoms with Gasteiger partial charge >= 0.3 is 6.03 Å². The molecule has 0 bridgehead atoms. The van der Waals surface area contributed by atoms with E-state index in [-0.39, 0.29) is 24.0 Å². The molecule has 9 heteroatoms. The Labute approximate surface area is 182 Å². The van der Waals surface area contributed by atoms with Crippen molar-refractivity contribution in [1.29, 1.82) is 0 Å². The van der Waals surface area contributed by atoms with E-state index >= 15 is 0 Å². The van der Waals surface area contributed by atoms with Crippen molar-refractivity contribution in [3.05, 3.63) is 35.4 Å². The third-order valence-corrected chi connectivity index (χ3v) is 8.42. The van der Waals surface area contributed by atoms with Gasteiger partial charge in [0.05, 0.1) is 11.5 Å². The summed E-state index contributed by atoms with van der Waals surface area (Å²) in [6.07, 6.45) is 4.11. The summed E-state index contributed by atoms with van der Waals surface area (Å²) in [5.74, 6) is -0.760. The first-order valence-electron chi connectivity index (χ1n) is 11.0. The van der Waals surface area contributed by atoms with Crippen molar-refractivity contribution in [1.82, 2.24) is 15.1 Å². The van der Waals surface area contributed by atoms with Gasteiger partial charge in [0.1, 0.15) is 12.1 Å². The number of carbonyl (C=O) groups excluding carboxylic acids is 3. The maximum absolute atomic E-state index is 13.4. The lowest BCUT2D eigenvalue weighted by Gasteiger charge is -2.33. The second-order valence-corrected chi connectivity index (χ2v) is 11.0. The molecule has 3 aliphatic rings. The summed E-state index contributed by atoms with van der Waals surface area (Å²) in [6.45, 7) is 2.05. The van der Waals surface area contributed by atoms with Crippen LogP contribution in [0, 0.1) is 0 Å². The fourth-order valence-corrected chi connectivity index (χ4v) is 6.77. The van der Waals surface area contributed by atoms with E-state index in [1.165, 1.54) is 0 Å². The number of benzene rings is 1. The van der Waals surface area contributed by atoms with Crippen molar-refractivity contribution in [3.63, 3.8) is 0 Å². The zero-order valence-corrected chi connectivity index (χ0v) is 18.6. The molecule has 1 aliphatic carbocycles. The van der Waals surface area contributed by atoms with Crippen LogP contribution in [0.25, 0.3) is 0 Å². The molecule has 2 heterocycles. The maximum Gasteiger partial charge on any atom is 0.325 e. The number of fused-ring (bicyclic) bond motifs is 2. The molecule has 4 amide bonds. The first kappa shape index (κ1) is 21.8. The molecule has 0 unspecified atom stereocenters. The minimum atomic E-state index is -3.16. The number of nitrogens with one attached hydrogen (secondary N) is 1. The van der Waals surface area contributed by atoms with Crippen LogP contribution in [0.4, 0.5) is 4.79 Å². The van der Waals surface area contributed by atoms with Gasteiger partial charge < -0.3 is 10.2 Å². The molecule has 1 aromatic carbocycles. The normalized spacial score (nSPS) is 26.7. The van der Waals surface area contributed by atoms with Gasteiger partial charge in [-0.2, -0.15) is 0 Å². The molecule has 0 aromatic heterocycles. The Hall–Kier alpha value is -2.42. The van der Waals surface area contributed by atoms with Gasteiger partial charge in [0, 0.05) is 12.6 Å². The standard InChI is InChI=1S/C22H29N3O5S/c1-2-3-12-24(17-10-13-31(29,30)15-17)19(26)14-25-20(27)22(23-21(25)28)11-6-8-16-7-4-5-9-18(16)22/h4-5,7,9,17H,2-3,6,8,10-15H2,1H3,(H,23,28)/t17-,22-/m0/s1. The number of nitrogens with zero attached hydrogens (tertiary/aromatic N) is 2. The monoisotopic (exact) mass is 447 g/mol. The van der Waals surface area contributed by atoms with E-state index in [9.17, 15) is 22.8 Å². The quantitative estimate of drug-likeness (QED) is 0.667. The molecule has 2 fully saturated rings. The van der Waals surface area contributed by atoms with Crippen LogP contribution in [-0.4, -0.2) is 66.7 Å². The van der Waals surface area contributed by atoms with Gasteiger partial charge in [-0.1, -0.05) is 37.6 Å². The molecule has 168 valence electrons. The van der Waals surface area contributed by atoms with Crippen molar-refractivity contribution in [2.24, 2.45) is 0 Å². The Balaban J connectivity index is 1.55. The molecular weight excluding hydrogens is 418 g/mol. The first-order valence-corrected chi connectivity index (χ1v) is 12.8. The molecule has 0 radical (unpaired) electrons. The number of amides is 4. The minimum absolute atomic E-state index is 0.0556. The Morgan fingerprint density at radius 3 is 2.77 bits per heavy atom. The summed E-state index contributed by atoms with van der Waals surface area (Å²) in [5, 5.41) is 2.87. The van der Waals surface area contributed by atoms with Crippen LogP contribution in [0.2, 0.25) is 0 Å². The minimum Gasteiger partial charge on any atom is -0.337 e. The fraction of sp³-hybridized carbons (Fsp3) is 0.591. The molecule has 1 aromatic rings. The molecular formula is C22H29N3O5S. The van der Waals surface area contributed by atoms with E-state index in [1.54, 1.807) is 4.90 Å². The molecule has 0 saturated carbocycles. The van der Waals surface area contributed by atoms with Gasteiger partial charge in [-0.15, -0.1) is 0 Å². The molecule has 1 N–H and O–H groups in total. The number of aryl methyl sites for hydroxylation is 1. The lowest BCUT2D eigenvalue weighted by molar-refractivity contribution is -0.140. The van der Waals surface area contributed by atoms with Gasteiger partial charge in [0.25, 0.3) is 5.91 Å². The zero-order chi connectivity index (χ0) is 22.2. The van der Waals surface area contributed by atoms with Crippen LogP contribution in [0.3, 0.4) is 0 Å². The number of urea groups is 1. The topological polar surface area (TPSA) is 104 Å². The Morgan fingerprint density at radius 1 is 1.29 bits per heavy atom. The largest absolute Gasteiger partial charge is 0.337 e. The molecule has 1 spiro atoms. The molecule has 2 aliphatic heterocycles. The van der Waals surface area contributed by atoms with Crippen LogP contribution in [-0.2, 0) is 31.4 Å². The summed E-state index contributed by atoms with van der Waals surface area (Å²) in [7, 11) is -3.16. The summed E-state index contributed by atoms with van der Waals surface area (Å²) in [5.41, 5.74) is 0.729. The third-order valence-electron chi connectivity index (χ3n) is 6.67. The number of hydrogen-bond donors (Lipinski definition) is 1. The highest BCUT2D eigenvalue weighted by Gasteiger charge is 2.54. The van der Waals surface area contributed by atoms with Crippen molar-refractivity contribution in [2.75, 3.05) is 24.6 Å². The molecule has 8 nitrogen and oxygen atoms in total. The Morgan fingerprint density at radius 2 is 2.06 bits per heavy atom. The summed E-state index contributed by atoms with van der Waals surface area (Å²) >= 11 is 0. The average molecular weight is 448 g/mol. The van der Waals surface area contributed by atoms with E-state index < -0.39 is 33.4 Å². The Kier molecular flexibility index (Phi) is 5.81. The van der Waals surface area contributed by atoms with Crippen molar-refractivity contribution in [3.8, 4) is 0 Å². The Bertz CT molecular complexity index is 1010. The fourth-order valence-electron chi connectivity index (χ4n) is 5.04. The number of sulfone groups is 1. The van der Waals surface area contributed by atoms with Crippen LogP contribution >= 0.6 is 0 Å². The van der Waals surface area contributed by atoms with Gasteiger partial charge in [-0.3, -0.25) is 14.5 Å². The lowest BCUT2D eigenvalue weighted by atomic mass is 9.76. The van der Waals surface area contributed by atoms with Crippen LogP contribution in [0.1, 0.15) is 50.2 Å². The number of rotatable bonds is 6. The van der Waals surface area contributed by atoms with Gasteiger partial charge in [-0.25, -0.2) is 13.2 Å². The van der Waals surface area contributed by atoms with Gasteiger partial charge in [-0.05, 0) is 43.2 Å². The highest BCUT2D eigenvalue weighted by molar-refractivity contribution is 7.91. The number of carbonyl (C=O) groups is 3. The lowest BCUT2D eigenvalue weighted by Crippen LogP contribution is -2.49.